The highest BCUT2D eigenvalue weighted by Crippen LogP contribution is 2.42. The van der Waals surface area contributed by atoms with Gasteiger partial charge in [-0.25, -0.2) is 4.98 Å². The summed E-state index contributed by atoms with van der Waals surface area (Å²) in [4.78, 5) is 5.28. The number of benzene rings is 6. The van der Waals surface area contributed by atoms with E-state index in [1.165, 1.54) is 47.6 Å². The molecule has 206 valence electrons. The van der Waals surface area contributed by atoms with E-state index in [9.17, 15) is 0 Å². The first-order valence-electron chi connectivity index (χ1n) is 14.9. The average Bonchev–Trinajstić information content (AvgIpc) is 3.64. The maximum atomic E-state index is 5.28. The van der Waals surface area contributed by atoms with Crippen molar-refractivity contribution in [1.29, 1.82) is 0 Å². The van der Waals surface area contributed by atoms with Crippen molar-refractivity contribution >= 4 is 53.3 Å². The molecule has 3 aromatic heterocycles. The largest absolute Gasteiger partial charge is 0.294 e. The molecule has 0 aliphatic carbocycles. The number of rotatable bonds is 4. The monoisotopic (exact) mass is 578 g/mol. The summed E-state index contributed by atoms with van der Waals surface area (Å²) in [6.45, 7) is 0. The van der Waals surface area contributed by atoms with Gasteiger partial charge < -0.3 is 0 Å². The minimum Gasteiger partial charge on any atom is -0.294 e. The minimum absolute atomic E-state index is 0.913. The van der Waals surface area contributed by atoms with Crippen LogP contribution in [0.4, 0.5) is 0 Å². The maximum absolute atomic E-state index is 5.28. The van der Waals surface area contributed by atoms with Gasteiger partial charge in [0, 0.05) is 36.5 Å². The zero-order valence-corrected chi connectivity index (χ0v) is 24.6. The molecule has 44 heavy (non-hydrogen) atoms. The third-order valence-corrected chi connectivity index (χ3v) is 9.83. The Bertz CT molecular complexity index is 2430. The van der Waals surface area contributed by atoms with Crippen LogP contribution in [0.25, 0.3) is 81.3 Å². The number of nitrogens with zero attached hydrogens (tertiary/aromatic N) is 2. The van der Waals surface area contributed by atoms with Crippen LogP contribution in [0.5, 0.6) is 0 Å². The summed E-state index contributed by atoms with van der Waals surface area (Å²) in [7, 11) is 0. The van der Waals surface area contributed by atoms with Crippen LogP contribution < -0.4 is 0 Å². The molecule has 0 unspecified atom stereocenters. The lowest BCUT2D eigenvalue weighted by Crippen LogP contribution is -2.00. The lowest BCUT2D eigenvalue weighted by Gasteiger charge is -2.13. The smallest absolute Gasteiger partial charge is 0.138 e. The fraction of sp³-hybridized carbons (Fsp3) is 0. The number of aromatic nitrogens is 2. The number of hydrogen-bond acceptors (Lipinski definition) is 2. The van der Waals surface area contributed by atoms with Gasteiger partial charge in [-0.2, -0.15) is 0 Å². The molecular weight excluding hydrogens is 553 g/mol. The first-order chi connectivity index (χ1) is 21.8. The van der Waals surface area contributed by atoms with Crippen LogP contribution in [0.3, 0.4) is 0 Å². The van der Waals surface area contributed by atoms with Gasteiger partial charge in [0.2, 0.25) is 0 Å². The van der Waals surface area contributed by atoms with Gasteiger partial charge in [0.1, 0.15) is 5.82 Å². The third-order valence-electron chi connectivity index (χ3n) is 8.61. The van der Waals surface area contributed by atoms with Crippen LogP contribution in [0, 0.1) is 0 Å². The van der Waals surface area contributed by atoms with E-state index in [0.29, 0.717) is 0 Å². The summed E-state index contributed by atoms with van der Waals surface area (Å²) in [5.74, 6) is 0.913. The summed E-state index contributed by atoms with van der Waals surface area (Å²) in [5, 5.41) is 5.09. The number of para-hydroxylation sites is 1. The van der Waals surface area contributed by atoms with E-state index in [2.05, 4.69) is 162 Å². The number of pyridine rings is 1. The van der Waals surface area contributed by atoms with Crippen molar-refractivity contribution in [2.24, 2.45) is 0 Å². The molecular formula is C41H26N2S. The van der Waals surface area contributed by atoms with Crippen LogP contribution >= 0.6 is 11.3 Å². The van der Waals surface area contributed by atoms with Gasteiger partial charge >= 0.3 is 0 Å². The van der Waals surface area contributed by atoms with Gasteiger partial charge in [-0.3, -0.25) is 4.57 Å². The molecule has 0 saturated carbocycles. The Morgan fingerprint density at radius 2 is 1.11 bits per heavy atom. The van der Waals surface area contributed by atoms with Crippen LogP contribution in [0.2, 0.25) is 0 Å². The lowest BCUT2D eigenvalue weighted by atomic mass is 10.0. The van der Waals surface area contributed by atoms with Crippen molar-refractivity contribution in [3.05, 3.63) is 158 Å². The van der Waals surface area contributed by atoms with Crippen molar-refractivity contribution in [3.8, 4) is 39.3 Å². The zero-order valence-electron chi connectivity index (χ0n) is 23.8. The van der Waals surface area contributed by atoms with Crippen molar-refractivity contribution in [1.82, 2.24) is 9.55 Å². The molecule has 0 fully saturated rings. The van der Waals surface area contributed by atoms with E-state index >= 15 is 0 Å². The van der Waals surface area contributed by atoms with Gasteiger partial charge in [0.15, 0.2) is 0 Å². The minimum atomic E-state index is 0.913. The van der Waals surface area contributed by atoms with E-state index in [1.54, 1.807) is 0 Å². The van der Waals surface area contributed by atoms with Crippen molar-refractivity contribution in [3.63, 3.8) is 0 Å². The second kappa shape index (κ2) is 10.0. The molecule has 0 spiro atoms. The van der Waals surface area contributed by atoms with Crippen molar-refractivity contribution in [2.75, 3.05) is 0 Å². The average molecular weight is 579 g/mol. The molecule has 3 heterocycles. The highest BCUT2D eigenvalue weighted by Gasteiger charge is 2.17. The summed E-state index contributed by atoms with van der Waals surface area (Å²) in [6, 6.07) is 56.5. The molecule has 6 aromatic carbocycles. The van der Waals surface area contributed by atoms with Gasteiger partial charge in [-0.05, 0) is 58.7 Å². The summed E-state index contributed by atoms with van der Waals surface area (Å²) in [5.41, 5.74) is 9.19. The first-order valence-corrected chi connectivity index (χ1v) is 15.7. The van der Waals surface area contributed by atoms with Gasteiger partial charge in [-0.1, -0.05) is 121 Å². The van der Waals surface area contributed by atoms with Gasteiger partial charge in [0.25, 0.3) is 0 Å². The predicted molar refractivity (Wildman–Crippen MR) is 188 cm³/mol. The van der Waals surface area contributed by atoms with Crippen molar-refractivity contribution in [2.45, 2.75) is 0 Å². The van der Waals surface area contributed by atoms with E-state index in [4.69, 9.17) is 4.98 Å². The molecule has 0 aliphatic heterocycles. The molecule has 3 heteroatoms. The highest BCUT2D eigenvalue weighted by atomic mass is 32.1. The SMILES string of the molecule is c1ccc(-c2cc(-c3ccccc3)nc(-n3c4ccccc4c4cc(-c5cccc6c5sc5ccccc56)ccc43)c2)cc1. The summed E-state index contributed by atoms with van der Waals surface area (Å²) >= 11 is 1.88. The normalized spacial score (nSPS) is 11.6. The summed E-state index contributed by atoms with van der Waals surface area (Å²) in [6.07, 6.45) is 0. The molecule has 0 bridgehead atoms. The Labute approximate surface area is 259 Å². The molecule has 9 rings (SSSR count). The Hall–Kier alpha value is -5.51. The molecule has 2 nitrogen and oxygen atoms in total. The molecule has 0 saturated heterocycles. The second-order valence-electron chi connectivity index (χ2n) is 11.2. The Morgan fingerprint density at radius 3 is 1.95 bits per heavy atom. The maximum Gasteiger partial charge on any atom is 0.138 e. The molecule has 0 atom stereocenters. The Balaban J connectivity index is 1.30. The Morgan fingerprint density at radius 1 is 0.432 bits per heavy atom. The van der Waals surface area contributed by atoms with Crippen LogP contribution in [0.15, 0.2) is 158 Å². The molecule has 9 aromatic rings. The van der Waals surface area contributed by atoms with Crippen molar-refractivity contribution < 1.29 is 0 Å². The number of fused-ring (bicyclic) bond motifs is 6. The van der Waals surface area contributed by atoms with E-state index in [-0.39, 0.29) is 0 Å². The van der Waals surface area contributed by atoms with E-state index in [0.717, 1.165) is 33.7 Å². The van der Waals surface area contributed by atoms with Gasteiger partial charge in [-0.15, -0.1) is 11.3 Å². The highest BCUT2D eigenvalue weighted by molar-refractivity contribution is 7.26. The fourth-order valence-electron chi connectivity index (χ4n) is 6.55. The quantitative estimate of drug-likeness (QED) is 0.203. The van der Waals surface area contributed by atoms with Crippen LogP contribution in [-0.4, -0.2) is 9.55 Å². The third kappa shape index (κ3) is 3.98. The topological polar surface area (TPSA) is 17.8 Å². The van der Waals surface area contributed by atoms with Gasteiger partial charge in [0.05, 0.1) is 16.7 Å². The lowest BCUT2D eigenvalue weighted by molar-refractivity contribution is 1.08. The number of hydrogen-bond donors (Lipinski definition) is 0. The molecule has 0 amide bonds. The summed E-state index contributed by atoms with van der Waals surface area (Å²) < 4.78 is 4.99. The standard InChI is InChI=1S/C41H26N2S/c1-3-12-27(13-4-1)30-25-36(28-14-5-2-6-15-28)42-40(26-30)43-37-20-9-7-16-32(37)35-24-29(22-23-38(35)43)31-18-11-19-34-33-17-8-10-21-39(33)44-41(31)34/h1-26H. The van der Waals surface area contributed by atoms with E-state index in [1.807, 2.05) is 11.3 Å². The van der Waals surface area contributed by atoms with Crippen LogP contribution in [0.1, 0.15) is 0 Å². The van der Waals surface area contributed by atoms with Crippen LogP contribution in [-0.2, 0) is 0 Å². The first kappa shape index (κ1) is 25.0. The predicted octanol–water partition coefficient (Wildman–Crippen LogP) is 11.5. The number of thiophene rings is 1. The fourth-order valence-corrected chi connectivity index (χ4v) is 7.78. The van der Waals surface area contributed by atoms with E-state index < -0.39 is 0 Å². The Kier molecular flexibility index (Phi) is 5.71. The molecule has 0 radical (unpaired) electrons. The zero-order chi connectivity index (χ0) is 29.0. The molecule has 0 N–H and O–H groups in total. The second-order valence-corrected chi connectivity index (χ2v) is 12.2. The molecule has 0 aliphatic rings.